The van der Waals surface area contributed by atoms with E-state index in [1.807, 2.05) is 64.4 Å². The van der Waals surface area contributed by atoms with Crippen LogP contribution in [0.5, 0.6) is 0 Å². The lowest BCUT2D eigenvalue weighted by atomic mass is 10.0. The molecule has 1 N–H and O–H groups in total. The second kappa shape index (κ2) is 9.69. The van der Waals surface area contributed by atoms with Gasteiger partial charge in [0, 0.05) is 31.0 Å². The largest absolute Gasteiger partial charge is 0.326 e. The molecule has 1 aliphatic rings. The van der Waals surface area contributed by atoms with Crippen LogP contribution in [0.4, 0.5) is 16.2 Å². The molecule has 0 aliphatic carbocycles. The fourth-order valence-electron chi connectivity index (χ4n) is 4.08. The number of nitrogens with zero attached hydrogens (tertiary/aromatic N) is 2. The summed E-state index contributed by atoms with van der Waals surface area (Å²) in [6.07, 6.45) is 1.22. The van der Waals surface area contributed by atoms with Gasteiger partial charge in [0.05, 0.1) is 6.42 Å². The maximum atomic E-state index is 13.3. The Bertz CT molecular complexity index is 1110. The van der Waals surface area contributed by atoms with Crippen molar-refractivity contribution in [2.45, 2.75) is 33.2 Å². The molecule has 1 heterocycles. The van der Waals surface area contributed by atoms with Crippen molar-refractivity contribution in [2.75, 3.05) is 23.3 Å². The van der Waals surface area contributed by atoms with Crippen LogP contribution in [0.2, 0.25) is 0 Å². The molecule has 5 nitrogen and oxygen atoms in total. The van der Waals surface area contributed by atoms with Crippen molar-refractivity contribution < 1.29 is 9.59 Å². The molecule has 3 aromatic rings. The van der Waals surface area contributed by atoms with E-state index in [2.05, 4.69) is 37.4 Å². The first kappa shape index (κ1) is 21.6. The molecule has 0 spiro atoms. The van der Waals surface area contributed by atoms with Crippen LogP contribution >= 0.6 is 0 Å². The zero-order chi connectivity index (χ0) is 22.5. The maximum absolute atomic E-state index is 13.3. The predicted octanol–water partition coefficient (Wildman–Crippen LogP) is 5.32. The molecular formula is C27H29N3O2. The number of hydrogen-bond acceptors (Lipinski definition) is 2. The van der Waals surface area contributed by atoms with Crippen LogP contribution < -0.4 is 10.2 Å². The molecule has 0 atom stereocenters. The molecule has 3 amide bonds. The highest BCUT2D eigenvalue weighted by Crippen LogP contribution is 2.25. The Balaban J connectivity index is 1.45. The van der Waals surface area contributed by atoms with Gasteiger partial charge in [0.2, 0.25) is 5.91 Å². The highest BCUT2D eigenvalue weighted by Gasteiger charge is 2.27. The van der Waals surface area contributed by atoms with Crippen molar-refractivity contribution in [3.8, 4) is 0 Å². The van der Waals surface area contributed by atoms with Crippen molar-refractivity contribution >= 4 is 23.3 Å². The molecule has 0 bridgehead atoms. The van der Waals surface area contributed by atoms with Gasteiger partial charge in [-0.2, -0.15) is 0 Å². The first-order chi connectivity index (χ1) is 15.5. The van der Waals surface area contributed by atoms with E-state index in [0.717, 1.165) is 24.2 Å². The molecule has 32 heavy (non-hydrogen) atoms. The molecule has 164 valence electrons. The number of aryl methyl sites for hydroxylation is 2. The van der Waals surface area contributed by atoms with E-state index in [-0.39, 0.29) is 11.9 Å². The summed E-state index contributed by atoms with van der Waals surface area (Å²) in [6.45, 7) is 6.18. The summed E-state index contributed by atoms with van der Waals surface area (Å²) >= 11 is 0. The molecule has 4 rings (SSSR count). The summed E-state index contributed by atoms with van der Waals surface area (Å²) in [4.78, 5) is 29.4. The van der Waals surface area contributed by atoms with Crippen molar-refractivity contribution in [2.24, 2.45) is 0 Å². The fraction of sp³-hybridized carbons (Fsp3) is 0.259. The fourth-order valence-corrected chi connectivity index (χ4v) is 4.08. The minimum Gasteiger partial charge on any atom is -0.326 e. The number of benzene rings is 3. The molecule has 0 aromatic heterocycles. The molecule has 0 saturated carbocycles. The van der Waals surface area contributed by atoms with E-state index in [1.165, 1.54) is 16.7 Å². The predicted molar refractivity (Wildman–Crippen MR) is 129 cm³/mol. The number of carbonyl (C=O) groups is 2. The number of hydrogen-bond donors (Lipinski definition) is 1. The van der Waals surface area contributed by atoms with Gasteiger partial charge in [-0.1, -0.05) is 60.2 Å². The molecular weight excluding hydrogens is 398 g/mol. The topological polar surface area (TPSA) is 52.6 Å². The van der Waals surface area contributed by atoms with Crippen LogP contribution in [0.3, 0.4) is 0 Å². The quantitative estimate of drug-likeness (QED) is 0.579. The van der Waals surface area contributed by atoms with Gasteiger partial charge in [0.25, 0.3) is 0 Å². The second-order valence-electron chi connectivity index (χ2n) is 8.40. The minimum atomic E-state index is -0.0742. The van der Waals surface area contributed by atoms with Gasteiger partial charge in [0.15, 0.2) is 0 Å². The van der Waals surface area contributed by atoms with E-state index in [9.17, 15) is 9.59 Å². The van der Waals surface area contributed by atoms with Gasteiger partial charge in [-0.25, -0.2) is 4.79 Å². The zero-order valence-electron chi connectivity index (χ0n) is 18.7. The van der Waals surface area contributed by atoms with E-state index < -0.39 is 0 Å². The minimum absolute atomic E-state index is 0.00455. The Labute approximate surface area is 189 Å². The summed E-state index contributed by atoms with van der Waals surface area (Å²) in [5, 5.41) is 2.96. The summed E-state index contributed by atoms with van der Waals surface area (Å²) in [7, 11) is 0. The molecule has 5 heteroatoms. The van der Waals surface area contributed by atoms with Crippen LogP contribution in [0.15, 0.2) is 72.8 Å². The van der Waals surface area contributed by atoms with Gasteiger partial charge >= 0.3 is 6.03 Å². The van der Waals surface area contributed by atoms with E-state index in [4.69, 9.17) is 0 Å². The number of rotatable bonds is 6. The Kier molecular flexibility index (Phi) is 6.55. The summed E-state index contributed by atoms with van der Waals surface area (Å²) in [5.41, 5.74) is 6.05. The number of urea groups is 1. The summed E-state index contributed by atoms with van der Waals surface area (Å²) in [5.74, 6) is -0.0742. The molecule has 0 radical (unpaired) electrons. The number of nitrogens with one attached hydrogen (secondary N) is 1. The lowest BCUT2D eigenvalue weighted by Crippen LogP contribution is -2.49. The third kappa shape index (κ3) is 5.17. The molecule has 0 unspecified atom stereocenters. The molecule has 3 aromatic carbocycles. The van der Waals surface area contributed by atoms with Crippen molar-refractivity contribution in [1.29, 1.82) is 0 Å². The Morgan fingerprint density at radius 3 is 2.56 bits per heavy atom. The van der Waals surface area contributed by atoms with Gasteiger partial charge in [0.1, 0.15) is 0 Å². The summed E-state index contributed by atoms with van der Waals surface area (Å²) < 4.78 is 0. The summed E-state index contributed by atoms with van der Waals surface area (Å²) in [6, 6.07) is 23.6. The normalized spacial score (nSPS) is 13.9. The van der Waals surface area contributed by atoms with E-state index >= 15 is 0 Å². The lowest BCUT2D eigenvalue weighted by Gasteiger charge is -2.36. The average molecular weight is 428 g/mol. The first-order valence-electron chi connectivity index (χ1n) is 11.1. The highest BCUT2D eigenvalue weighted by atomic mass is 16.2. The maximum Gasteiger partial charge on any atom is 0.324 e. The van der Waals surface area contributed by atoms with Crippen LogP contribution in [0, 0.1) is 13.8 Å². The van der Waals surface area contributed by atoms with Crippen LogP contribution in [0.25, 0.3) is 0 Å². The van der Waals surface area contributed by atoms with Gasteiger partial charge < -0.3 is 10.2 Å². The first-order valence-corrected chi connectivity index (χ1v) is 11.1. The monoisotopic (exact) mass is 427 g/mol. The van der Waals surface area contributed by atoms with Gasteiger partial charge in [-0.05, 0) is 55.2 Å². The smallest absolute Gasteiger partial charge is 0.324 e. The molecule has 1 aliphatic heterocycles. The number of amides is 3. The van der Waals surface area contributed by atoms with Crippen LogP contribution in [-0.4, -0.2) is 29.9 Å². The second-order valence-corrected chi connectivity index (χ2v) is 8.40. The van der Waals surface area contributed by atoms with E-state index in [1.54, 1.807) is 0 Å². The Morgan fingerprint density at radius 1 is 0.938 bits per heavy atom. The van der Waals surface area contributed by atoms with Gasteiger partial charge in [-0.3, -0.25) is 9.69 Å². The third-order valence-corrected chi connectivity index (χ3v) is 5.83. The average Bonchev–Trinajstić information content (AvgIpc) is 2.78. The Morgan fingerprint density at radius 2 is 1.75 bits per heavy atom. The molecule has 1 saturated heterocycles. The SMILES string of the molecule is Cc1ccc(C)c(CN2CCCN(c3cccc(NC(=O)Cc4ccccc4)c3)C2=O)c1. The van der Waals surface area contributed by atoms with E-state index in [0.29, 0.717) is 25.2 Å². The number of anilines is 2. The standard InChI is InChI=1S/C27H29N3O2/c1-20-12-13-21(2)23(16-20)19-29-14-7-15-30(27(29)32)25-11-6-10-24(18-25)28-26(31)17-22-8-4-3-5-9-22/h3-6,8-13,16,18H,7,14-15,17,19H2,1-2H3,(H,28,31). The van der Waals surface area contributed by atoms with Gasteiger partial charge in [-0.15, -0.1) is 0 Å². The Hall–Kier alpha value is -3.60. The zero-order valence-corrected chi connectivity index (χ0v) is 18.7. The van der Waals surface area contributed by atoms with Crippen LogP contribution in [0.1, 0.15) is 28.7 Å². The highest BCUT2D eigenvalue weighted by molar-refractivity contribution is 5.95. The lowest BCUT2D eigenvalue weighted by molar-refractivity contribution is -0.115. The van der Waals surface area contributed by atoms with Crippen molar-refractivity contribution in [3.63, 3.8) is 0 Å². The molecule has 1 fully saturated rings. The van der Waals surface area contributed by atoms with Crippen molar-refractivity contribution in [1.82, 2.24) is 4.90 Å². The third-order valence-electron chi connectivity index (χ3n) is 5.83. The van der Waals surface area contributed by atoms with Crippen LogP contribution in [-0.2, 0) is 17.8 Å². The number of carbonyl (C=O) groups excluding carboxylic acids is 2. The van der Waals surface area contributed by atoms with Crippen molar-refractivity contribution in [3.05, 3.63) is 95.1 Å².